The third kappa shape index (κ3) is 5.13. The number of methoxy groups -OCH3 is 1. The van der Waals surface area contributed by atoms with E-state index in [0.29, 0.717) is 58.8 Å². The standard InChI is InChI=1S/C30H31N3O4S/c1-5-13-38-29-32-27-26(28(35)33-29)24(25-20(31-27)15-30(2,3)16-21(25)34)19-11-12-22(36-4)23(14-19)37-17-18-9-7-6-8-10-18/h5-12,14,24H,1,13,15-17H2,2-4H3,(H2,31,32,33,35). The molecule has 7 nitrogen and oxygen atoms in total. The highest BCUT2D eigenvalue weighted by Crippen LogP contribution is 2.48. The molecule has 1 unspecified atom stereocenters. The van der Waals surface area contributed by atoms with E-state index in [1.54, 1.807) is 13.2 Å². The summed E-state index contributed by atoms with van der Waals surface area (Å²) >= 11 is 1.40. The highest BCUT2D eigenvalue weighted by atomic mass is 32.2. The van der Waals surface area contributed by atoms with Crippen LogP contribution in [0.5, 0.6) is 11.5 Å². The summed E-state index contributed by atoms with van der Waals surface area (Å²) in [5.74, 6) is 1.67. The van der Waals surface area contributed by atoms with Gasteiger partial charge in [-0.15, -0.1) is 6.58 Å². The number of aromatic amines is 1. The fourth-order valence-electron chi connectivity index (χ4n) is 5.15. The number of hydrogen-bond donors (Lipinski definition) is 2. The zero-order valence-electron chi connectivity index (χ0n) is 21.8. The third-order valence-electron chi connectivity index (χ3n) is 6.80. The molecule has 0 fully saturated rings. The number of nitrogens with one attached hydrogen (secondary N) is 2. The van der Waals surface area contributed by atoms with Crippen molar-refractivity contribution in [2.75, 3.05) is 18.2 Å². The number of H-pyrrole nitrogens is 1. The molecule has 0 bridgehead atoms. The van der Waals surface area contributed by atoms with Gasteiger partial charge in [-0.1, -0.05) is 68.1 Å². The molecule has 3 aromatic rings. The van der Waals surface area contributed by atoms with Crippen molar-refractivity contribution >= 4 is 23.4 Å². The molecule has 0 amide bonds. The molecule has 8 heteroatoms. The Kier molecular flexibility index (Phi) is 7.17. The molecule has 2 aliphatic rings. The van der Waals surface area contributed by atoms with Crippen LogP contribution in [-0.2, 0) is 11.4 Å². The van der Waals surface area contributed by atoms with Crippen LogP contribution in [0.4, 0.5) is 5.82 Å². The van der Waals surface area contributed by atoms with Gasteiger partial charge in [-0.05, 0) is 35.1 Å². The van der Waals surface area contributed by atoms with Gasteiger partial charge >= 0.3 is 0 Å². The van der Waals surface area contributed by atoms with E-state index in [2.05, 4.69) is 30.7 Å². The van der Waals surface area contributed by atoms with Gasteiger partial charge in [-0.25, -0.2) is 4.98 Å². The molecule has 0 saturated heterocycles. The molecule has 0 spiro atoms. The summed E-state index contributed by atoms with van der Waals surface area (Å²) in [6.45, 7) is 8.27. The molecular formula is C30H31N3O4S. The molecular weight excluding hydrogens is 498 g/mol. The summed E-state index contributed by atoms with van der Waals surface area (Å²) in [7, 11) is 1.59. The molecule has 1 aliphatic carbocycles. The average molecular weight is 530 g/mol. The van der Waals surface area contributed by atoms with Gasteiger partial charge < -0.3 is 19.8 Å². The molecule has 1 aromatic heterocycles. The number of aromatic nitrogens is 2. The first-order chi connectivity index (χ1) is 18.3. The van der Waals surface area contributed by atoms with Crippen LogP contribution in [0.1, 0.15) is 49.3 Å². The van der Waals surface area contributed by atoms with E-state index < -0.39 is 5.92 Å². The van der Waals surface area contributed by atoms with Gasteiger partial charge in [0.05, 0.1) is 12.7 Å². The number of carbonyl (C=O) groups is 1. The number of carbonyl (C=O) groups excluding carboxylic acids is 1. The Labute approximate surface area is 226 Å². The van der Waals surface area contributed by atoms with E-state index in [9.17, 15) is 9.59 Å². The number of rotatable bonds is 8. The van der Waals surface area contributed by atoms with Crippen molar-refractivity contribution < 1.29 is 14.3 Å². The second-order valence-electron chi connectivity index (χ2n) is 10.3. The maximum atomic E-state index is 13.6. The van der Waals surface area contributed by atoms with E-state index in [-0.39, 0.29) is 16.8 Å². The van der Waals surface area contributed by atoms with E-state index in [4.69, 9.17) is 14.5 Å². The predicted molar refractivity (Wildman–Crippen MR) is 150 cm³/mol. The Morgan fingerprint density at radius 1 is 1.13 bits per heavy atom. The van der Waals surface area contributed by atoms with Gasteiger partial charge in [-0.2, -0.15) is 0 Å². The monoisotopic (exact) mass is 529 g/mol. The highest BCUT2D eigenvalue weighted by molar-refractivity contribution is 7.99. The molecule has 5 rings (SSSR count). The fraction of sp³-hybridized carbons (Fsp3) is 0.300. The molecule has 0 radical (unpaired) electrons. The first-order valence-corrected chi connectivity index (χ1v) is 13.5. The average Bonchev–Trinajstić information content (AvgIpc) is 2.89. The minimum absolute atomic E-state index is 0.0338. The zero-order chi connectivity index (χ0) is 26.9. The topological polar surface area (TPSA) is 93.3 Å². The Balaban J connectivity index is 1.62. The lowest BCUT2D eigenvalue weighted by atomic mass is 9.69. The van der Waals surface area contributed by atoms with Gasteiger partial charge in [-0.3, -0.25) is 9.59 Å². The zero-order valence-corrected chi connectivity index (χ0v) is 22.6. The first-order valence-electron chi connectivity index (χ1n) is 12.6. The van der Waals surface area contributed by atoms with Crippen LogP contribution in [0, 0.1) is 5.41 Å². The lowest BCUT2D eigenvalue weighted by Gasteiger charge is -2.38. The van der Waals surface area contributed by atoms with Crippen LogP contribution < -0.4 is 20.3 Å². The first kappa shape index (κ1) is 25.9. The number of ether oxygens (including phenoxy) is 2. The minimum atomic E-state index is -0.579. The van der Waals surface area contributed by atoms with E-state index in [1.165, 1.54) is 11.8 Å². The van der Waals surface area contributed by atoms with Crippen molar-refractivity contribution in [3.05, 3.63) is 99.5 Å². The van der Waals surface area contributed by atoms with Gasteiger partial charge in [0.15, 0.2) is 22.4 Å². The normalized spacial score (nSPS) is 17.8. The fourth-order valence-corrected chi connectivity index (χ4v) is 5.75. The molecule has 0 saturated carbocycles. The van der Waals surface area contributed by atoms with Crippen LogP contribution in [0.3, 0.4) is 0 Å². The molecule has 1 atom stereocenters. The van der Waals surface area contributed by atoms with Crippen molar-refractivity contribution in [2.24, 2.45) is 5.41 Å². The van der Waals surface area contributed by atoms with Crippen LogP contribution >= 0.6 is 11.8 Å². The quantitative estimate of drug-likeness (QED) is 0.215. The van der Waals surface area contributed by atoms with E-state index in [0.717, 1.165) is 16.8 Å². The maximum Gasteiger partial charge on any atom is 0.257 e. The number of thioether (sulfide) groups is 1. The van der Waals surface area contributed by atoms with E-state index >= 15 is 0 Å². The molecule has 2 aromatic carbocycles. The summed E-state index contributed by atoms with van der Waals surface area (Å²) in [4.78, 5) is 34.7. The maximum absolute atomic E-state index is 13.6. The molecule has 2 N–H and O–H groups in total. The second kappa shape index (κ2) is 10.5. The number of hydrogen-bond acceptors (Lipinski definition) is 7. The van der Waals surface area contributed by atoms with Crippen molar-refractivity contribution in [2.45, 2.75) is 44.4 Å². The number of ketones is 1. The molecule has 196 valence electrons. The lowest BCUT2D eigenvalue weighted by Crippen LogP contribution is -2.37. The number of fused-ring (bicyclic) bond motifs is 1. The Morgan fingerprint density at radius 3 is 2.66 bits per heavy atom. The number of anilines is 1. The third-order valence-corrected chi connectivity index (χ3v) is 7.67. The predicted octanol–water partition coefficient (Wildman–Crippen LogP) is 5.84. The molecule has 38 heavy (non-hydrogen) atoms. The second-order valence-corrected chi connectivity index (χ2v) is 11.3. The summed E-state index contributed by atoms with van der Waals surface area (Å²) in [6, 6.07) is 15.5. The minimum Gasteiger partial charge on any atom is -0.493 e. The van der Waals surface area contributed by atoms with Crippen LogP contribution in [0.2, 0.25) is 0 Å². The van der Waals surface area contributed by atoms with Crippen molar-refractivity contribution in [3.63, 3.8) is 0 Å². The van der Waals surface area contributed by atoms with Crippen LogP contribution in [0.25, 0.3) is 0 Å². The van der Waals surface area contributed by atoms with Crippen LogP contribution in [0.15, 0.2) is 82.4 Å². The number of nitrogens with zero attached hydrogens (tertiary/aromatic N) is 1. The number of Topliss-reactive ketones (excluding diaryl/α,β-unsaturated/α-hetero) is 1. The summed E-state index contributed by atoms with van der Waals surface area (Å²) in [5.41, 5.74) is 3.20. The molecule has 2 heterocycles. The van der Waals surface area contributed by atoms with Crippen LogP contribution in [-0.4, -0.2) is 28.6 Å². The SMILES string of the molecule is C=CCSc1nc2c(c(=O)[nH]1)C(c1ccc(OC)c(OCc3ccccc3)c1)C1=C(CC(C)(C)CC1=O)N2. The molecule has 1 aliphatic heterocycles. The summed E-state index contributed by atoms with van der Waals surface area (Å²) < 4.78 is 11.7. The Hall–Kier alpha value is -3.78. The van der Waals surface area contributed by atoms with Crippen molar-refractivity contribution in [1.82, 2.24) is 9.97 Å². The van der Waals surface area contributed by atoms with Crippen molar-refractivity contribution in [3.8, 4) is 11.5 Å². The lowest BCUT2D eigenvalue weighted by molar-refractivity contribution is -0.118. The summed E-state index contributed by atoms with van der Waals surface area (Å²) in [6.07, 6.45) is 2.85. The highest BCUT2D eigenvalue weighted by Gasteiger charge is 2.42. The van der Waals surface area contributed by atoms with Crippen molar-refractivity contribution in [1.29, 1.82) is 0 Å². The number of benzene rings is 2. The Bertz CT molecular complexity index is 1480. The largest absolute Gasteiger partial charge is 0.493 e. The smallest absolute Gasteiger partial charge is 0.257 e. The summed E-state index contributed by atoms with van der Waals surface area (Å²) in [5, 5.41) is 3.87. The van der Waals surface area contributed by atoms with Gasteiger partial charge in [0.2, 0.25) is 0 Å². The van der Waals surface area contributed by atoms with Gasteiger partial charge in [0.1, 0.15) is 12.4 Å². The van der Waals surface area contributed by atoms with E-state index in [1.807, 2.05) is 48.5 Å². The van der Waals surface area contributed by atoms with Gasteiger partial charge in [0.25, 0.3) is 5.56 Å². The Morgan fingerprint density at radius 2 is 1.92 bits per heavy atom. The number of allylic oxidation sites excluding steroid dienone is 2. The van der Waals surface area contributed by atoms with Gasteiger partial charge in [0, 0.05) is 29.4 Å².